The Balaban J connectivity index is 1.53. The van der Waals surface area contributed by atoms with Crippen molar-refractivity contribution in [3.05, 3.63) is 35.8 Å². The van der Waals surface area contributed by atoms with Crippen molar-refractivity contribution in [2.24, 2.45) is 7.05 Å². The minimum Gasteiger partial charge on any atom is -0.510 e. The van der Waals surface area contributed by atoms with Crippen LogP contribution in [0.2, 0.25) is 0 Å². The molecule has 0 atom stereocenters. The second kappa shape index (κ2) is 6.97. The number of para-hydroxylation sites is 2. The van der Waals surface area contributed by atoms with E-state index in [1.807, 2.05) is 35.9 Å². The van der Waals surface area contributed by atoms with E-state index in [1.165, 1.54) is 35.9 Å². The average molecular weight is 384 g/mol. The van der Waals surface area contributed by atoms with E-state index in [1.54, 1.807) is 0 Å². The third-order valence-corrected chi connectivity index (χ3v) is 6.05. The summed E-state index contributed by atoms with van der Waals surface area (Å²) in [7, 11) is 1.84. The van der Waals surface area contributed by atoms with E-state index < -0.39 is 0 Å². The molecule has 1 fully saturated rings. The predicted octanol–water partition coefficient (Wildman–Crippen LogP) is 3.58. The summed E-state index contributed by atoms with van der Waals surface area (Å²) in [6.07, 6.45) is 2.35. The molecule has 26 heavy (non-hydrogen) atoms. The molecule has 1 aliphatic rings. The molecular formula is C17H16N6OS2. The summed E-state index contributed by atoms with van der Waals surface area (Å²) < 4.78 is 2.57. The molecule has 1 aromatic carbocycles. The maximum atomic E-state index is 10.5. The van der Waals surface area contributed by atoms with Gasteiger partial charge in [0.1, 0.15) is 17.4 Å². The number of nitriles is 1. The van der Waals surface area contributed by atoms with Gasteiger partial charge in [-0.2, -0.15) is 5.26 Å². The zero-order chi connectivity index (χ0) is 18.1. The first-order chi connectivity index (χ1) is 12.7. The molecule has 0 amide bonds. The number of nitrogens with zero attached hydrogens (tertiary/aromatic N) is 5. The number of rotatable bonds is 6. The molecule has 4 rings (SSSR count). The highest BCUT2D eigenvalue weighted by molar-refractivity contribution is 8.01. The highest BCUT2D eigenvalue weighted by Gasteiger charge is 2.22. The van der Waals surface area contributed by atoms with Crippen LogP contribution >= 0.6 is 23.1 Å². The van der Waals surface area contributed by atoms with Gasteiger partial charge in [0.25, 0.3) is 0 Å². The molecule has 3 aromatic rings. The van der Waals surface area contributed by atoms with Gasteiger partial charge in [-0.25, -0.2) is 4.98 Å². The molecule has 1 aliphatic carbocycles. The highest BCUT2D eigenvalue weighted by atomic mass is 32.2. The maximum Gasteiger partial charge on any atom is 0.206 e. The highest BCUT2D eigenvalue weighted by Crippen LogP contribution is 2.31. The lowest BCUT2D eigenvalue weighted by Gasteiger charge is -2.04. The summed E-state index contributed by atoms with van der Waals surface area (Å²) in [5.74, 6) is 0.687. The summed E-state index contributed by atoms with van der Waals surface area (Å²) in [6.45, 7) is 0. The summed E-state index contributed by atoms with van der Waals surface area (Å²) in [5.41, 5.74) is 1.88. The van der Waals surface area contributed by atoms with E-state index in [-0.39, 0.29) is 17.1 Å². The lowest BCUT2D eigenvalue weighted by molar-refractivity contribution is 0.420. The topological polar surface area (TPSA) is 99.7 Å². The summed E-state index contributed by atoms with van der Waals surface area (Å²) >= 11 is 2.81. The Labute approximate surface area is 158 Å². The normalized spacial score (nSPS) is 14.9. The Kier molecular flexibility index (Phi) is 4.53. The van der Waals surface area contributed by atoms with Crippen LogP contribution in [0.4, 0.5) is 5.13 Å². The molecule has 0 bridgehead atoms. The Hall–Kier alpha value is -2.57. The minimum atomic E-state index is -0.0113. The SMILES string of the molecule is Cn1c(/C(C#N)=C(\O)CSc2nnc(NC3CC3)s2)nc2ccccc21. The molecule has 0 saturated heterocycles. The van der Waals surface area contributed by atoms with Gasteiger partial charge >= 0.3 is 0 Å². The summed E-state index contributed by atoms with van der Waals surface area (Å²) in [4.78, 5) is 4.48. The fraction of sp³-hybridized carbons (Fsp3) is 0.294. The number of imidazole rings is 1. The zero-order valence-electron chi connectivity index (χ0n) is 14.0. The summed E-state index contributed by atoms with van der Waals surface area (Å²) in [5, 5.41) is 32.3. The monoisotopic (exact) mass is 384 g/mol. The smallest absolute Gasteiger partial charge is 0.206 e. The first-order valence-corrected chi connectivity index (χ1v) is 9.93. The molecular weight excluding hydrogens is 368 g/mol. The second-order valence-electron chi connectivity index (χ2n) is 6.00. The number of hydrogen-bond acceptors (Lipinski definition) is 8. The number of nitrogens with one attached hydrogen (secondary N) is 1. The average Bonchev–Trinajstić information content (AvgIpc) is 3.25. The molecule has 132 valence electrons. The Morgan fingerprint density at radius 3 is 2.96 bits per heavy atom. The zero-order valence-corrected chi connectivity index (χ0v) is 15.6. The fourth-order valence-corrected chi connectivity index (χ4v) is 4.25. The number of aromatic nitrogens is 4. The Morgan fingerprint density at radius 2 is 2.23 bits per heavy atom. The van der Waals surface area contributed by atoms with Gasteiger partial charge in [0, 0.05) is 13.1 Å². The van der Waals surface area contributed by atoms with Crippen LogP contribution in [0, 0.1) is 11.3 Å². The quantitative estimate of drug-likeness (QED) is 0.380. The molecule has 0 spiro atoms. The van der Waals surface area contributed by atoms with Crippen LogP contribution in [-0.4, -0.2) is 36.6 Å². The third-order valence-electron chi connectivity index (χ3n) is 4.05. The third kappa shape index (κ3) is 3.38. The van der Waals surface area contributed by atoms with Crippen LogP contribution in [0.15, 0.2) is 34.4 Å². The van der Waals surface area contributed by atoms with Crippen molar-refractivity contribution in [1.29, 1.82) is 5.26 Å². The first-order valence-electron chi connectivity index (χ1n) is 8.12. The van der Waals surface area contributed by atoms with Crippen molar-refractivity contribution in [1.82, 2.24) is 19.7 Å². The first kappa shape index (κ1) is 16.9. The number of anilines is 1. The van der Waals surface area contributed by atoms with E-state index in [0.29, 0.717) is 11.9 Å². The number of fused-ring (bicyclic) bond motifs is 1. The molecule has 1 saturated carbocycles. The Morgan fingerprint density at radius 1 is 1.42 bits per heavy atom. The van der Waals surface area contributed by atoms with Crippen LogP contribution < -0.4 is 5.32 Å². The number of thioether (sulfide) groups is 1. The van der Waals surface area contributed by atoms with Crippen LogP contribution in [0.1, 0.15) is 18.7 Å². The molecule has 0 unspecified atom stereocenters. The number of aryl methyl sites for hydroxylation is 1. The van der Waals surface area contributed by atoms with Gasteiger partial charge in [0.2, 0.25) is 5.13 Å². The standard InChI is InChI=1S/C17H16N6OS2/c1-23-13-5-3-2-4-12(13)20-15(23)11(8-18)14(24)9-25-17-22-21-16(26-17)19-10-6-7-10/h2-5,10,24H,6-7,9H2,1H3,(H,19,21)/b14-11-. The summed E-state index contributed by atoms with van der Waals surface area (Å²) in [6, 6.07) is 10.2. The Bertz CT molecular complexity index is 1030. The van der Waals surface area contributed by atoms with Crippen molar-refractivity contribution >= 4 is 44.8 Å². The number of aliphatic hydroxyl groups is 1. The molecule has 2 N–H and O–H groups in total. The van der Waals surface area contributed by atoms with Crippen LogP contribution in [0.25, 0.3) is 16.6 Å². The van der Waals surface area contributed by atoms with E-state index in [2.05, 4.69) is 26.6 Å². The second-order valence-corrected chi connectivity index (χ2v) is 8.20. The van der Waals surface area contributed by atoms with Crippen molar-refractivity contribution in [3.8, 4) is 6.07 Å². The molecule has 2 aromatic heterocycles. The van der Waals surface area contributed by atoms with Gasteiger partial charge < -0.3 is 15.0 Å². The van der Waals surface area contributed by atoms with Crippen molar-refractivity contribution in [2.45, 2.75) is 23.2 Å². The molecule has 9 heteroatoms. The molecule has 7 nitrogen and oxygen atoms in total. The molecule has 0 aliphatic heterocycles. The lowest BCUT2D eigenvalue weighted by Crippen LogP contribution is -2.00. The van der Waals surface area contributed by atoms with E-state index in [9.17, 15) is 10.4 Å². The maximum absolute atomic E-state index is 10.5. The number of allylic oxidation sites excluding steroid dienone is 1. The van der Waals surface area contributed by atoms with Crippen LogP contribution in [-0.2, 0) is 7.05 Å². The number of hydrogen-bond donors (Lipinski definition) is 2. The number of aliphatic hydroxyl groups excluding tert-OH is 1. The van der Waals surface area contributed by atoms with Crippen molar-refractivity contribution < 1.29 is 5.11 Å². The van der Waals surface area contributed by atoms with Crippen molar-refractivity contribution in [3.63, 3.8) is 0 Å². The van der Waals surface area contributed by atoms with Gasteiger partial charge in [0.15, 0.2) is 10.2 Å². The lowest BCUT2D eigenvalue weighted by atomic mass is 10.2. The molecule has 2 heterocycles. The largest absolute Gasteiger partial charge is 0.510 e. The van der Waals surface area contributed by atoms with Crippen LogP contribution in [0.3, 0.4) is 0 Å². The van der Waals surface area contributed by atoms with E-state index >= 15 is 0 Å². The van der Waals surface area contributed by atoms with Crippen molar-refractivity contribution in [2.75, 3.05) is 11.1 Å². The predicted molar refractivity (Wildman–Crippen MR) is 103 cm³/mol. The minimum absolute atomic E-state index is 0.0113. The van der Waals surface area contributed by atoms with E-state index in [4.69, 9.17) is 0 Å². The fourth-order valence-electron chi connectivity index (χ4n) is 2.54. The van der Waals surface area contributed by atoms with Gasteiger partial charge in [-0.05, 0) is 25.0 Å². The van der Waals surface area contributed by atoms with Gasteiger partial charge in [-0.15, -0.1) is 10.2 Å². The van der Waals surface area contributed by atoms with Gasteiger partial charge in [-0.1, -0.05) is 35.2 Å². The van der Waals surface area contributed by atoms with Gasteiger partial charge in [0.05, 0.1) is 16.8 Å². The number of benzene rings is 1. The van der Waals surface area contributed by atoms with Crippen LogP contribution in [0.5, 0.6) is 0 Å². The van der Waals surface area contributed by atoms with Gasteiger partial charge in [-0.3, -0.25) is 0 Å². The van der Waals surface area contributed by atoms with E-state index in [0.717, 1.165) is 20.5 Å². The molecule has 0 radical (unpaired) electrons.